The van der Waals surface area contributed by atoms with E-state index in [1.165, 1.54) is 16.8 Å². The van der Waals surface area contributed by atoms with Crippen LogP contribution in [0.3, 0.4) is 0 Å². The number of thiophene rings is 1. The number of fused-ring (bicyclic) bond motifs is 1. The molecular formula is C11H11Cl2N3S. The summed E-state index contributed by atoms with van der Waals surface area (Å²) in [6.07, 6.45) is 4.81. The molecule has 17 heavy (non-hydrogen) atoms. The van der Waals surface area contributed by atoms with Crippen LogP contribution in [-0.4, -0.2) is 23.1 Å². The van der Waals surface area contributed by atoms with Gasteiger partial charge in [0.25, 0.3) is 0 Å². The Kier molecular flexibility index (Phi) is 3.99. The van der Waals surface area contributed by atoms with Gasteiger partial charge in [0.05, 0.1) is 10.2 Å². The molecule has 1 aliphatic rings. The Labute approximate surface area is 114 Å². The second-order valence-corrected chi connectivity index (χ2v) is 5.08. The summed E-state index contributed by atoms with van der Waals surface area (Å²) in [5.41, 5.74) is 2.33. The van der Waals surface area contributed by atoms with E-state index in [4.69, 9.17) is 11.6 Å². The van der Waals surface area contributed by atoms with Gasteiger partial charge in [0, 0.05) is 11.4 Å². The second-order valence-electron chi connectivity index (χ2n) is 3.67. The summed E-state index contributed by atoms with van der Waals surface area (Å²) in [4.78, 5) is 9.49. The van der Waals surface area contributed by atoms with Crippen LogP contribution in [0.2, 0.25) is 5.15 Å². The van der Waals surface area contributed by atoms with Crippen molar-refractivity contribution in [3.8, 4) is 0 Å². The number of nitrogens with zero attached hydrogens (tertiary/aromatic N) is 2. The third kappa shape index (κ3) is 2.45. The van der Waals surface area contributed by atoms with Crippen molar-refractivity contribution in [1.29, 1.82) is 0 Å². The molecule has 0 aliphatic carbocycles. The SMILES string of the molecule is Cl.Clc1ncnc2cc(C3=CCNCC3)sc12. The smallest absolute Gasteiger partial charge is 0.150 e. The first kappa shape index (κ1) is 12.8. The molecular weight excluding hydrogens is 277 g/mol. The number of aromatic nitrogens is 2. The highest BCUT2D eigenvalue weighted by Gasteiger charge is 2.11. The van der Waals surface area contributed by atoms with Gasteiger partial charge in [0.2, 0.25) is 0 Å². The van der Waals surface area contributed by atoms with E-state index in [0.29, 0.717) is 5.15 Å². The van der Waals surface area contributed by atoms with Crippen molar-refractivity contribution in [2.75, 3.05) is 13.1 Å². The number of hydrogen-bond acceptors (Lipinski definition) is 4. The maximum atomic E-state index is 6.04. The van der Waals surface area contributed by atoms with E-state index < -0.39 is 0 Å². The molecule has 0 aromatic carbocycles. The Hall–Kier alpha value is -0.680. The van der Waals surface area contributed by atoms with Crippen LogP contribution in [0.15, 0.2) is 18.5 Å². The lowest BCUT2D eigenvalue weighted by Crippen LogP contribution is -2.19. The van der Waals surface area contributed by atoms with Crippen LogP contribution in [0.25, 0.3) is 15.8 Å². The number of rotatable bonds is 1. The minimum atomic E-state index is 0. The number of nitrogens with one attached hydrogen (secondary N) is 1. The van der Waals surface area contributed by atoms with E-state index in [0.717, 1.165) is 29.7 Å². The Morgan fingerprint density at radius 3 is 2.94 bits per heavy atom. The summed E-state index contributed by atoms with van der Waals surface area (Å²) in [6, 6.07) is 2.10. The van der Waals surface area contributed by atoms with Gasteiger partial charge in [-0.3, -0.25) is 0 Å². The van der Waals surface area contributed by atoms with Gasteiger partial charge >= 0.3 is 0 Å². The molecule has 0 amide bonds. The summed E-state index contributed by atoms with van der Waals surface area (Å²) in [5, 5.41) is 3.86. The predicted molar refractivity (Wildman–Crippen MR) is 75.1 cm³/mol. The molecule has 0 spiro atoms. The van der Waals surface area contributed by atoms with Crippen LogP contribution in [-0.2, 0) is 0 Å². The lowest BCUT2D eigenvalue weighted by molar-refractivity contribution is 0.739. The van der Waals surface area contributed by atoms with E-state index in [1.807, 2.05) is 0 Å². The van der Waals surface area contributed by atoms with Crippen molar-refractivity contribution in [2.24, 2.45) is 0 Å². The molecule has 3 rings (SSSR count). The molecule has 0 radical (unpaired) electrons. The lowest BCUT2D eigenvalue weighted by atomic mass is 10.1. The Morgan fingerprint density at radius 2 is 2.24 bits per heavy atom. The first-order valence-corrected chi connectivity index (χ1v) is 6.34. The van der Waals surface area contributed by atoms with Gasteiger partial charge in [0.15, 0.2) is 0 Å². The molecule has 0 saturated carbocycles. The second kappa shape index (κ2) is 5.31. The first-order valence-electron chi connectivity index (χ1n) is 5.15. The van der Waals surface area contributed by atoms with Crippen LogP contribution < -0.4 is 5.32 Å². The van der Waals surface area contributed by atoms with Gasteiger partial charge in [0.1, 0.15) is 11.5 Å². The van der Waals surface area contributed by atoms with Crippen LogP contribution in [0, 0.1) is 0 Å². The number of halogens is 2. The number of hydrogen-bond donors (Lipinski definition) is 1. The highest BCUT2D eigenvalue weighted by atomic mass is 35.5. The maximum absolute atomic E-state index is 6.04. The highest BCUT2D eigenvalue weighted by molar-refractivity contribution is 7.20. The first-order chi connectivity index (χ1) is 7.84. The average Bonchev–Trinajstić information content (AvgIpc) is 2.76. The Bertz CT molecular complexity index is 565. The normalized spacial score (nSPS) is 15.5. The molecule has 2 aromatic heterocycles. The molecule has 0 fully saturated rings. The molecule has 0 bridgehead atoms. The molecule has 3 nitrogen and oxygen atoms in total. The van der Waals surface area contributed by atoms with E-state index >= 15 is 0 Å². The molecule has 0 unspecified atom stereocenters. The molecule has 2 aromatic rings. The van der Waals surface area contributed by atoms with Gasteiger partial charge in [-0.2, -0.15) is 0 Å². The van der Waals surface area contributed by atoms with E-state index in [1.54, 1.807) is 11.3 Å². The lowest BCUT2D eigenvalue weighted by Gasteiger charge is -2.11. The third-order valence-electron chi connectivity index (χ3n) is 2.65. The van der Waals surface area contributed by atoms with Gasteiger partial charge < -0.3 is 5.32 Å². The fourth-order valence-electron chi connectivity index (χ4n) is 1.83. The monoisotopic (exact) mass is 287 g/mol. The Balaban J connectivity index is 0.00000108. The van der Waals surface area contributed by atoms with Crippen molar-refractivity contribution in [1.82, 2.24) is 15.3 Å². The van der Waals surface area contributed by atoms with Crippen molar-refractivity contribution >= 4 is 51.1 Å². The zero-order valence-electron chi connectivity index (χ0n) is 8.94. The fourth-order valence-corrected chi connectivity index (χ4v) is 3.15. The largest absolute Gasteiger partial charge is 0.313 e. The molecule has 3 heterocycles. The van der Waals surface area contributed by atoms with Crippen molar-refractivity contribution in [3.63, 3.8) is 0 Å². The van der Waals surface area contributed by atoms with Crippen LogP contribution in [0.4, 0.5) is 0 Å². The van der Waals surface area contributed by atoms with Gasteiger partial charge in [-0.25, -0.2) is 9.97 Å². The van der Waals surface area contributed by atoms with Crippen LogP contribution in [0.1, 0.15) is 11.3 Å². The van der Waals surface area contributed by atoms with E-state index in [-0.39, 0.29) is 12.4 Å². The molecule has 0 atom stereocenters. The fraction of sp³-hybridized carbons (Fsp3) is 0.273. The summed E-state index contributed by atoms with van der Waals surface area (Å²) < 4.78 is 0.985. The molecule has 90 valence electrons. The van der Waals surface area contributed by atoms with Gasteiger partial charge in [-0.1, -0.05) is 17.7 Å². The molecule has 0 saturated heterocycles. The quantitative estimate of drug-likeness (QED) is 0.819. The van der Waals surface area contributed by atoms with Crippen molar-refractivity contribution in [3.05, 3.63) is 28.5 Å². The molecule has 6 heteroatoms. The summed E-state index contributed by atoms with van der Waals surface area (Å²) in [5.74, 6) is 0. The Morgan fingerprint density at radius 1 is 1.35 bits per heavy atom. The van der Waals surface area contributed by atoms with E-state index in [9.17, 15) is 0 Å². The van der Waals surface area contributed by atoms with Gasteiger partial charge in [-0.05, 0) is 24.6 Å². The van der Waals surface area contributed by atoms with Crippen molar-refractivity contribution in [2.45, 2.75) is 6.42 Å². The minimum absolute atomic E-state index is 0. The summed E-state index contributed by atoms with van der Waals surface area (Å²) in [7, 11) is 0. The minimum Gasteiger partial charge on any atom is -0.313 e. The maximum Gasteiger partial charge on any atom is 0.150 e. The van der Waals surface area contributed by atoms with Crippen molar-refractivity contribution < 1.29 is 0 Å². The average molecular weight is 288 g/mol. The zero-order chi connectivity index (χ0) is 11.0. The summed E-state index contributed by atoms with van der Waals surface area (Å²) >= 11 is 7.71. The topological polar surface area (TPSA) is 37.8 Å². The van der Waals surface area contributed by atoms with E-state index in [2.05, 4.69) is 27.4 Å². The third-order valence-corrected chi connectivity index (χ3v) is 4.25. The highest BCUT2D eigenvalue weighted by Crippen LogP contribution is 2.34. The van der Waals surface area contributed by atoms with Crippen LogP contribution in [0.5, 0.6) is 0 Å². The molecule has 1 aliphatic heterocycles. The zero-order valence-corrected chi connectivity index (χ0v) is 11.3. The molecule has 1 N–H and O–H groups in total. The summed E-state index contributed by atoms with van der Waals surface area (Å²) in [6.45, 7) is 1.99. The van der Waals surface area contributed by atoms with Crippen LogP contribution >= 0.6 is 35.3 Å². The van der Waals surface area contributed by atoms with Gasteiger partial charge in [-0.15, -0.1) is 23.7 Å². The standard InChI is InChI=1S/C11H10ClN3S.ClH/c12-11-10-8(14-6-15-11)5-9(16-10)7-1-3-13-4-2-7;/h1,5-6,13H,2-4H2;1H. The predicted octanol–water partition coefficient (Wildman–Crippen LogP) is 3.14.